The van der Waals surface area contributed by atoms with Gasteiger partial charge in [-0.1, -0.05) is 12.1 Å². The Bertz CT molecular complexity index is 526. The molecule has 0 aliphatic heterocycles. The zero-order valence-corrected chi connectivity index (χ0v) is 12.5. The predicted octanol–water partition coefficient (Wildman–Crippen LogP) is 3.56. The fraction of sp³-hybridized carbons (Fsp3) is 0.667. The van der Waals surface area contributed by atoms with Crippen molar-refractivity contribution in [2.24, 2.45) is 23.7 Å². The highest BCUT2D eigenvalue weighted by molar-refractivity contribution is 5.32. The SMILES string of the molecule is COc1cccc(CC2(O)C3CC4CC(C3)CC2C4)c1F. The number of rotatable bonds is 3. The zero-order chi connectivity index (χ0) is 14.6. The smallest absolute Gasteiger partial charge is 0.168 e. The highest BCUT2D eigenvalue weighted by Crippen LogP contribution is 2.59. The Morgan fingerprint density at radius 2 is 1.76 bits per heavy atom. The predicted molar refractivity (Wildman–Crippen MR) is 78.7 cm³/mol. The maximum absolute atomic E-state index is 14.4. The van der Waals surface area contributed by atoms with Crippen LogP contribution >= 0.6 is 0 Å². The summed E-state index contributed by atoms with van der Waals surface area (Å²) in [4.78, 5) is 0. The number of benzene rings is 1. The molecular formula is C18H23FO2. The number of hydrogen-bond donors (Lipinski definition) is 1. The van der Waals surface area contributed by atoms with Crippen molar-refractivity contribution in [3.05, 3.63) is 29.6 Å². The van der Waals surface area contributed by atoms with Gasteiger partial charge in [0.15, 0.2) is 11.6 Å². The molecular weight excluding hydrogens is 267 g/mol. The minimum Gasteiger partial charge on any atom is -0.494 e. The van der Waals surface area contributed by atoms with Crippen LogP contribution in [0.25, 0.3) is 0 Å². The van der Waals surface area contributed by atoms with Crippen molar-refractivity contribution >= 4 is 0 Å². The van der Waals surface area contributed by atoms with Crippen LogP contribution in [0.2, 0.25) is 0 Å². The van der Waals surface area contributed by atoms with E-state index >= 15 is 0 Å². The van der Waals surface area contributed by atoms with E-state index in [1.54, 1.807) is 12.1 Å². The van der Waals surface area contributed by atoms with E-state index < -0.39 is 5.60 Å². The van der Waals surface area contributed by atoms with Gasteiger partial charge in [0, 0.05) is 6.42 Å². The fourth-order valence-electron chi connectivity index (χ4n) is 5.44. The number of ether oxygens (including phenoxy) is 1. The summed E-state index contributed by atoms with van der Waals surface area (Å²) >= 11 is 0. The molecule has 0 amide bonds. The largest absolute Gasteiger partial charge is 0.494 e. The van der Waals surface area contributed by atoms with Gasteiger partial charge in [0.25, 0.3) is 0 Å². The molecule has 114 valence electrons. The maximum Gasteiger partial charge on any atom is 0.168 e. The molecule has 0 heterocycles. The summed E-state index contributed by atoms with van der Waals surface area (Å²) in [6, 6.07) is 5.25. The maximum atomic E-state index is 14.4. The van der Waals surface area contributed by atoms with Crippen molar-refractivity contribution in [3.8, 4) is 5.75 Å². The summed E-state index contributed by atoms with van der Waals surface area (Å²) in [7, 11) is 1.49. The molecule has 0 unspecified atom stereocenters. The van der Waals surface area contributed by atoms with Crippen molar-refractivity contribution in [2.75, 3.05) is 7.11 Å². The van der Waals surface area contributed by atoms with Crippen molar-refractivity contribution in [3.63, 3.8) is 0 Å². The van der Waals surface area contributed by atoms with E-state index in [9.17, 15) is 9.50 Å². The van der Waals surface area contributed by atoms with Crippen LogP contribution in [0.3, 0.4) is 0 Å². The lowest BCUT2D eigenvalue weighted by molar-refractivity contribution is -0.172. The van der Waals surface area contributed by atoms with Gasteiger partial charge in [-0.15, -0.1) is 0 Å². The minimum absolute atomic E-state index is 0.278. The van der Waals surface area contributed by atoms with Crippen LogP contribution in [-0.2, 0) is 6.42 Å². The van der Waals surface area contributed by atoms with Gasteiger partial charge in [-0.2, -0.15) is 0 Å². The molecule has 1 aromatic carbocycles. The van der Waals surface area contributed by atoms with Gasteiger partial charge in [-0.3, -0.25) is 0 Å². The van der Waals surface area contributed by atoms with Gasteiger partial charge < -0.3 is 9.84 Å². The minimum atomic E-state index is -0.708. The van der Waals surface area contributed by atoms with E-state index in [1.807, 2.05) is 6.07 Å². The molecule has 2 nitrogen and oxygen atoms in total. The molecule has 4 aliphatic rings. The summed E-state index contributed by atoms with van der Waals surface area (Å²) in [5, 5.41) is 11.3. The van der Waals surface area contributed by atoms with Gasteiger partial charge in [0.2, 0.25) is 0 Å². The molecule has 4 aliphatic carbocycles. The first-order chi connectivity index (χ1) is 10.1. The summed E-state index contributed by atoms with van der Waals surface area (Å²) < 4.78 is 19.5. The van der Waals surface area contributed by atoms with Gasteiger partial charge in [0.05, 0.1) is 12.7 Å². The second-order valence-corrected chi connectivity index (χ2v) is 7.41. The Balaban J connectivity index is 1.64. The molecule has 4 fully saturated rings. The number of halogens is 1. The van der Waals surface area contributed by atoms with Crippen LogP contribution in [0.1, 0.15) is 37.7 Å². The third-order valence-corrected chi connectivity index (χ3v) is 6.29. The first-order valence-electron chi connectivity index (χ1n) is 8.14. The summed E-state index contributed by atoms with van der Waals surface area (Å²) in [6.45, 7) is 0. The van der Waals surface area contributed by atoms with Crippen LogP contribution in [0, 0.1) is 29.5 Å². The summed E-state index contributed by atoms with van der Waals surface area (Å²) in [6.07, 6.45) is 6.33. The molecule has 0 aromatic heterocycles. The van der Waals surface area contributed by atoms with E-state index in [0.717, 1.165) is 37.5 Å². The average Bonchev–Trinajstić information content (AvgIpc) is 2.46. The highest BCUT2D eigenvalue weighted by atomic mass is 19.1. The first kappa shape index (κ1) is 13.6. The normalized spacial score (nSPS) is 40.5. The van der Waals surface area contributed by atoms with Crippen molar-refractivity contribution in [1.29, 1.82) is 0 Å². The molecule has 1 N–H and O–H groups in total. The van der Waals surface area contributed by atoms with Gasteiger partial charge in [-0.25, -0.2) is 4.39 Å². The number of aliphatic hydroxyl groups is 1. The van der Waals surface area contributed by atoms with E-state index in [4.69, 9.17) is 4.74 Å². The Labute approximate surface area is 125 Å². The van der Waals surface area contributed by atoms with Gasteiger partial charge in [-0.05, 0) is 67.4 Å². The van der Waals surface area contributed by atoms with Crippen molar-refractivity contribution in [1.82, 2.24) is 0 Å². The van der Waals surface area contributed by atoms with Crippen LogP contribution in [0.4, 0.5) is 4.39 Å². The lowest BCUT2D eigenvalue weighted by Crippen LogP contribution is -2.58. The third-order valence-electron chi connectivity index (χ3n) is 6.29. The third kappa shape index (κ3) is 2.01. The number of methoxy groups -OCH3 is 1. The van der Waals surface area contributed by atoms with Crippen LogP contribution in [0.5, 0.6) is 5.75 Å². The summed E-state index contributed by atoms with van der Waals surface area (Å²) in [5.41, 5.74) is -0.106. The Hall–Kier alpha value is -1.09. The zero-order valence-electron chi connectivity index (χ0n) is 12.5. The number of hydrogen-bond acceptors (Lipinski definition) is 2. The second kappa shape index (κ2) is 4.70. The van der Waals surface area contributed by atoms with E-state index in [0.29, 0.717) is 23.8 Å². The molecule has 0 atom stereocenters. The molecule has 4 bridgehead atoms. The fourth-order valence-corrected chi connectivity index (χ4v) is 5.44. The van der Waals surface area contributed by atoms with E-state index in [2.05, 4.69) is 0 Å². The molecule has 3 heteroatoms. The van der Waals surface area contributed by atoms with Crippen molar-refractivity contribution < 1.29 is 14.2 Å². The quantitative estimate of drug-likeness (QED) is 0.922. The van der Waals surface area contributed by atoms with Crippen LogP contribution in [-0.4, -0.2) is 17.8 Å². The Morgan fingerprint density at radius 3 is 2.33 bits per heavy atom. The lowest BCUT2D eigenvalue weighted by atomic mass is 9.49. The lowest BCUT2D eigenvalue weighted by Gasteiger charge is -2.59. The van der Waals surface area contributed by atoms with Gasteiger partial charge in [0.1, 0.15) is 0 Å². The molecule has 5 rings (SSSR count). The first-order valence-corrected chi connectivity index (χ1v) is 8.14. The van der Waals surface area contributed by atoms with E-state index in [1.165, 1.54) is 13.5 Å². The Kier molecular flexibility index (Phi) is 3.04. The molecule has 0 radical (unpaired) electrons. The molecule has 4 saturated carbocycles. The van der Waals surface area contributed by atoms with Gasteiger partial charge >= 0.3 is 0 Å². The Morgan fingerprint density at radius 1 is 1.14 bits per heavy atom. The second-order valence-electron chi connectivity index (χ2n) is 7.41. The molecule has 0 spiro atoms. The standard InChI is InChI=1S/C18H23FO2/c1-21-16-4-2-3-13(17(16)19)10-18(20)14-6-11-5-12(8-14)9-15(18)7-11/h2-4,11-12,14-15,20H,5-10H2,1H3. The monoisotopic (exact) mass is 290 g/mol. The summed E-state index contributed by atoms with van der Waals surface area (Å²) in [5.74, 6) is 2.31. The molecule has 21 heavy (non-hydrogen) atoms. The molecule has 1 aromatic rings. The molecule has 0 saturated heterocycles. The average molecular weight is 290 g/mol. The van der Waals surface area contributed by atoms with Crippen LogP contribution < -0.4 is 4.74 Å². The van der Waals surface area contributed by atoms with Crippen molar-refractivity contribution in [2.45, 2.75) is 44.1 Å². The van der Waals surface area contributed by atoms with Crippen LogP contribution in [0.15, 0.2) is 18.2 Å². The highest BCUT2D eigenvalue weighted by Gasteiger charge is 2.56. The topological polar surface area (TPSA) is 29.5 Å². The van der Waals surface area contributed by atoms with E-state index in [-0.39, 0.29) is 11.6 Å².